The second-order valence-corrected chi connectivity index (χ2v) is 5.89. The summed E-state index contributed by atoms with van der Waals surface area (Å²) in [6, 6.07) is 8.37. The molecule has 5 heteroatoms. The predicted octanol–water partition coefficient (Wildman–Crippen LogP) is 3.46. The van der Waals surface area contributed by atoms with E-state index in [1.165, 1.54) is 18.4 Å². The lowest BCUT2D eigenvalue weighted by Crippen LogP contribution is -2.32. The lowest BCUT2D eigenvalue weighted by molar-refractivity contribution is 0.0937. The zero-order valence-corrected chi connectivity index (χ0v) is 13.4. The summed E-state index contributed by atoms with van der Waals surface area (Å²) in [6.45, 7) is 2.11. The first-order valence-electron chi connectivity index (χ1n) is 8.24. The molecule has 23 heavy (non-hydrogen) atoms. The Hall–Kier alpha value is -2.43. The molecule has 2 aromatic rings. The van der Waals surface area contributed by atoms with Crippen molar-refractivity contribution >= 4 is 17.5 Å². The van der Waals surface area contributed by atoms with Crippen LogP contribution in [0.5, 0.6) is 0 Å². The van der Waals surface area contributed by atoms with E-state index in [0.29, 0.717) is 17.6 Å². The number of nitrogens with one attached hydrogen (secondary N) is 2. The van der Waals surface area contributed by atoms with Gasteiger partial charge in [-0.3, -0.25) is 4.79 Å². The van der Waals surface area contributed by atoms with Crippen molar-refractivity contribution in [3.63, 3.8) is 0 Å². The van der Waals surface area contributed by atoms with E-state index in [4.69, 9.17) is 0 Å². The highest BCUT2D eigenvalue weighted by atomic mass is 16.1. The minimum absolute atomic E-state index is 0.0857. The van der Waals surface area contributed by atoms with Crippen molar-refractivity contribution in [3.8, 4) is 0 Å². The Kier molecular flexibility index (Phi) is 4.86. The predicted molar refractivity (Wildman–Crippen MR) is 90.9 cm³/mol. The van der Waals surface area contributed by atoms with Crippen molar-refractivity contribution in [2.24, 2.45) is 0 Å². The molecule has 0 radical (unpaired) electrons. The minimum Gasteiger partial charge on any atom is -0.349 e. The van der Waals surface area contributed by atoms with Crippen molar-refractivity contribution in [2.75, 3.05) is 5.32 Å². The van der Waals surface area contributed by atoms with Crippen LogP contribution in [0, 0.1) is 0 Å². The van der Waals surface area contributed by atoms with E-state index in [9.17, 15) is 4.79 Å². The zero-order valence-electron chi connectivity index (χ0n) is 13.4. The molecule has 1 amide bonds. The Morgan fingerprint density at radius 1 is 1.17 bits per heavy atom. The average Bonchev–Trinajstić information content (AvgIpc) is 3.09. The fourth-order valence-electron chi connectivity index (χ4n) is 2.92. The Labute approximate surface area is 136 Å². The maximum atomic E-state index is 12.2. The Bertz CT molecular complexity index is 663. The van der Waals surface area contributed by atoms with Crippen LogP contribution in [0.1, 0.15) is 48.5 Å². The van der Waals surface area contributed by atoms with Gasteiger partial charge in [-0.05, 0) is 30.9 Å². The number of benzene rings is 1. The van der Waals surface area contributed by atoms with Gasteiger partial charge in [0.1, 0.15) is 0 Å². The first-order valence-corrected chi connectivity index (χ1v) is 8.24. The highest BCUT2D eigenvalue weighted by Gasteiger charge is 2.18. The van der Waals surface area contributed by atoms with Crippen LogP contribution in [0.2, 0.25) is 0 Å². The number of aromatic nitrogens is 2. The number of nitrogens with zero attached hydrogens (tertiary/aromatic N) is 2. The van der Waals surface area contributed by atoms with Gasteiger partial charge in [0.15, 0.2) is 0 Å². The summed E-state index contributed by atoms with van der Waals surface area (Å²) in [5, 5.41) is 6.25. The average molecular weight is 310 g/mol. The number of aryl methyl sites for hydroxylation is 1. The standard InChI is InChI=1S/C18H22N4O/c1-2-13-7-3-6-10-16(13)22-18-19-11-14(12-20-18)17(23)21-15-8-4-5-9-15/h3,6-7,10-12,15H,2,4-5,8-9H2,1H3,(H,21,23)(H,19,20,22). The van der Waals surface area contributed by atoms with Crippen LogP contribution in [0.25, 0.3) is 0 Å². The summed E-state index contributed by atoms with van der Waals surface area (Å²) < 4.78 is 0. The monoisotopic (exact) mass is 310 g/mol. The van der Waals surface area contributed by atoms with E-state index < -0.39 is 0 Å². The van der Waals surface area contributed by atoms with E-state index >= 15 is 0 Å². The molecule has 1 aliphatic rings. The van der Waals surface area contributed by atoms with E-state index in [-0.39, 0.29) is 5.91 Å². The molecule has 2 N–H and O–H groups in total. The normalized spacial score (nSPS) is 14.7. The molecule has 1 heterocycles. The largest absolute Gasteiger partial charge is 0.349 e. The van der Waals surface area contributed by atoms with Gasteiger partial charge in [-0.1, -0.05) is 38.0 Å². The van der Waals surface area contributed by atoms with Crippen molar-refractivity contribution in [1.82, 2.24) is 15.3 Å². The molecule has 1 saturated carbocycles. The Balaban J connectivity index is 1.65. The van der Waals surface area contributed by atoms with Gasteiger partial charge >= 0.3 is 0 Å². The number of rotatable bonds is 5. The molecule has 1 fully saturated rings. The number of carbonyl (C=O) groups is 1. The number of carbonyl (C=O) groups excluding carboxylic acids is 1. The molecule has 120 valence electrons. The SMILES string of the molecule is CCc1ccccc1Nc1ncc(C(=O)NC2CCCC2)cn1. The number of amides is 1. The van der Waals surface area contributed by atoms with E-state index in [0.717, 1.165) is 24.9 Å². The van der Waals surface area contributed by atoms with Crippen LogP contribution in [0.15, 0.2) is 36.7 Å². The van der Waals surface area contributed by atoms with Crippen LogP contribution in [0.4, 0.5) is 11.6 Å². The quantitative estimate of drug-likeness (QED) is 0.887. The first kappa shape index (κ1) is 15.5. The van der Waals surface area contributed by atoms with Crippen molar-refractivity contribution < 1.29 is 4.79 Å². The van der Waals surface area contributed by atoms with Gasteiger partial charge in [0.25, 0.3) is 5.91 Å². The molecule has 0 bridgehead atoms. The van der Waals surface area contributed by atoms with Crippen molar-refractivity contribution in [2.45, 2.75) is 45.1 Å². The summed E-state index contributed by atoms with van der Waals surface area (Å²) in [5.74, 6) is 0.417. The van der Waals surface area contributed by atoms with Gasteiger partial charge in [-0.2, -0.15) is 0 Å². The van der Waals surface area contributed by atoms with Gasteiger partial charge in [0, 0.05) is 24.1 Å². The van der Waals surface area contributed by atoms with Gasteiger partial charge in [0.05, 0.1) is 5.56 Å². The first-order chi connectivity index (χ1) is 11.3. The third-order valence-electron chi connectivity index (χ3n) is 4.25. The second-order valence-electron chi connectivity index (χ2n) is 5.89. The molecular weight excluding hydrogens is 288 g/mol. The number of hydrogen-bond acceptors (Lipinski definition) is 4. The van der Waals surface area contributed by atoms with Crippen molar-refractivity contribution in [1.29, 1.82) is 0 Å². The fourth-order valence-corrected chi connectivity index (χ4v) is 2.92. The molecular formula is C18H22N4O. The van der Waals surface area contributed by atoms with Gasteiger partial charge in [0.2, 0.25) is 5.95 Å². The molecule has 1 aliphatic carbocycles. The molecule has 0 spiro atoms. The molecule has 0 atom stereocenters. The van der Waals surface area contributed by atoms with Crippen LogP contribution >= 0.6 is 0 Å². The Morgan fingerprint density at radius 3 is 2.57 bits per heavy atom. The number of hydrogen-bond donors (Lipinski definition) is 2. The summed E-state index contributed by atoms with van der Waals surface area (Å²) in [5.41, 5.74) is 2.71. The van der Waals surface area contributed by atoms with E-state index in [1.54, 1.807) is 12.4 Å². The number of anilines is 2. The highest BCUT2D eigenvalue weighted by molar-refractivity contribution is 5.93. The van der Waals surface area contributed by atoms with Crippen LogP contribution < -0.4 is 10.6 Å². The molecule has 0 aliphatic heterocycles. The third kappa shape index (κ3) is 3.86. The molecule has 1 aromatic carbocycles. The van der Waals surface area contributed by atoms with Gasteiger partial charge in [-0.25, -0.2) is 9.97 Å². The second kappa shape index (κ2) is 7.22. The Morgan fingerprint density at radius 2 is 1.87 bits per heavy atom. The summed E-state index contributed by atoms with van der Waals surface area (Å²) >= 11 is 0. The topological polar surface area (TPSA) is 66.9 Å². The van der Waals surface area contributed by atoms with Crippen LogP contribution in [-0.2, 0) is 6.42 Å². The smallest absolute Gasteiger partial charge is 0.254 e. The number of para-hydroxylation sites is 1. The van der Waals surface area contributed by atoms with E-state index in [2.05, 4.69) is 33.6 Å². The van der Waals surface area contributed by atoms with E-state index in [1.807, 2.05) is 18.2 Å². The molecule has 5 nitrogen and oxygen atoms in total. The summed E-state index contributed by atoms with van der Waals surface area (Å²) in [6.07, 6.45) is 8.62. The lowest BCUT2D eigenvalue weighted by Gasteiger charge is -2.12. The highest BCUT2D eigenvalue weighted by Crippen LogP contribution is 2.20. The van der Waals surface area contributed by atoms with Gasteiger partial charge in [-0.15, -0.1) is 0 Å². The zero-order chi connectivity index (χ0) is 16.1. The molecule has 0 saturated heterocycles. The fraction of sp³-hybridized carbons (Fsp3) is 0.389. The lowest BCUT2D eigenvalue weighted by atomic mass is 10.1. The maximum absolute atomic E-state index is 12.2. The summed E-state index contributed by atoms with van der Waals surface area (Å²) in [7, 11) is 0. The van der Waals surface area contributed by atoms with Gasteiger partial charge < -0.3 is 10.6 Å². The third-order valence-corrected chi connectivity index (χ3v) is 4.25. The van der Waals surface area contributed by atoms with Crippen molar-refractivity contribution in [3.05, 3.63) is 47.8 Å². The molecule has 1 aromatic heterocycles. The van der Waals surface area contributed by atoms with Crippen LogP contribution in [0.3, 0.4) is 0 Å². The maximum Gasteiger partial charge on any atom is 0.254 e. The summed E-state index contributed by atoms with van der Waals surface area (Å²) in [4.78, 5) is 20.7. The minimum atomic E-state index is -0.0857. The molecule has 3 rings (SSSR count). The van der Waals surface area contributed by atoms with Crippen LogP contribution in [-0.4, -0.2) is 21.9 Å². The molecule has 0 unspecified atom stereocenters.